The van der Waals surface area contributed by atoms with Gasteiger partial charge in [-0.3, -0.25) is 19.7 Å². The lowest BCUT2D eigenvalue weighted by atomic mass is 9.86. The number of hydrogen-bond donors (Lipinski definition) is 1. The third-order valence-corrected chi connectivity index (χ3v) is 6.67. The summed E-state index contributed by atoms with van der Waals surface area (Å²) < 4.78 is 5.40. The van der Waals surface area contributed by atoms with Crippen molar-refractivity contribution in [1.29, 1.82) is 0 Å². The van der Waals surface area contributed by atoms with Crippen molar-refractivity contribution in [3.05, 3.63) is 99.6 Å². The van der Waals surface area contributed by atoms with Gasteiger partial charge in [0.1, 0.15) is 18.3 Å². The van der Waals surface area contributed by atoms with E-state index in [-0.39, 0.29) is 30.6 Å². The SMILES string of the molecule is O=C1[C@H]2Cc3c([nH]c4ccccc34)[C@@H](c3cccc([N+](=O)[O-])c3)N2C(=O)CN1Cc1ccco1. The monoisotopic (exact) mass is 456 g/mol. The number of piperazine rings is 1. The third kappa shape index (κ3) is 3.08. The highest BCUT2D eigenvalue weighted by molar-refractivity contribution is 5.97. The number of nitrogens with zero attached hydrogens (tertiary/aromatic N) is 3. The molecule has 9 heteroatoms. The molecule has 6 rings (SSSR count). The molecule has 4 aromatic rings. The summed E-state index contributed by atoms with van der Waals surface area (Å²) in [7, 11) is 0. The molecule has 170 valence electrons. The molecule has 0 spiro atoms. The summed E-state index contributed by atoms with van der Waals surface area (Å²) in [5.41, 5.74) is 3.17. The highest BCUT2D eigenvalue weighted by Gasteiger charge is 2.48. The second-order valence-corrected chi connectivity index (χ2v) is 8.61. The number of nitrogens with one attached hydrogen (secondary N) is 1. The van der Waals surface area contributed by atoms with Crippen molar-refractivity contribution >= 4 is 28.4 Å². The van der Waals surface area contributed by atoms with Crippen LogP contribution in [0.25, 0.3) is 10.9 Å². The van der Waals surface area contributed by atoms with E-state index < -0.39 is 17.0 Å². The number of H-pyrrole nitrogens is 1. The molecule has 34 heavy (non-hydrogen) atoms. The number of nitro benzene ring substituents is 1. The van der Waals surface area contributed by atoms with Gasteiger partial charge in [0.15, 0.2) is 0 Å². The Bertz CT molecular complexity index is 1440. The summed E-state index contributed by atoms with van der Waals surface area (Å²) >= 11 is 0. The fourth-order valence-corrected chi connectivity index (χ4v) is 5.20. The number of carbonyl (C=O) groups is 2. The molecule has 2 aliphatic heterocycles. The lowest BCUT2D eigenvalue weighted by Gasteiger charge is -2.46. The number of fused-ring (bicyclic) bond motifs is 4. The Morgan fingerprint density at radius 1 is 1.09 bits per heavy atom. The first-order valence-electron chi connectivity index (χ1n) is 11.0. The molecule has 1 saturated heterocycles. The van der Waals surface area contributed by atoms with Gasteiger partial charge in [-0.2, -0.15) is 0 Å². The molecule has 2 atom stereocenters. The first-order valence-corrected chi connectivity index (χ1v) is 11.0. The predicted octanol–water partition coefficient (Wildman–Crippen LogP) is 3.55. The van der Waals surface area contributed by atoms with Crippen LogP contribution in [0.4, 0.5) is 5.69 Å². The van der Waals surface area contributed by atoms with Crippen LogP contribution >= 0.6 is 0 Å². The molecule has 1 fully saturated rings. The summed E-state index contributed by atoms with van der Waals surface area (Å²) in [5.74, 6) is 0.229. The molecule has 2 aromatic heterocycles. The number of hydrogen-bond acceptors (Lipinski definition) is 5. The molecule has 0 aliphatic carbocycles. The minimum absolute atomic E-state index is 0.0625. The molecule has 4 heterocycles. The minimum Gasteiger partial charge on any atom is -0.467 e. The maximum absolute atomic E-state index is 13.6. The van der Waals surface area contributed by atoms with Gasteiger partial charge in [-0.1, -0.05) is 30.3 Å². The van der Waals surface area contributed by atoms with Gasteiger partial charge in [0.2, 0.25) is 11.8 Å². The Morgan fingerprint density at radius 2 is 1.94 bits per heavy atom. The maximum Gasteiger partial charge on any atom is 0.269 e. The number of rotatable bonds is 4. The van der Waals surface area contributed by atoms with E-state index in [0.29, 0.717) is 17.7 Å². The highest BCUT2D eigenvalue weighted by Crippen LogP contribution is 2.43. The number of furan rings is 1. The van der Waals surface area contributed by atoms with Crippen LogP contribution in [0, 0.1) is 10.1 Å². The molecular formula is C25H20N4O5. The number of nitro groups is 1. The smallest absolute Gasteiger partial charge is 0.269 e. The normalized spacial score (nSPS) is 19.9. The molecule has 2 aromatic carbocycles. The van der Waals surface area contributed by atoms with Crippen molar-refractivity contribution < 1.29 is 18.9 Å². The number of non-ortho nitro benzene ring substituents is 1. The van der Waals surface area contributed by atoms with Gasteiger partial charge in [0.25, 0.3) is 5.69 Å². The van der Waals surface area contributed by atoms with Gasteiger partial charge in [-0.15, -0.1) is 0 Å². The van der Waals surface area contributed by atoms with E-state index in [2.05, 4.69) is 4.98 Å². The Morgan fingerprint density at radius 3 is 2.74 bits per heavy atom. The summed E-state index contributed by atoms with van der Waals surface area (Å²) in [6, 6.07) is 16.2. The lowest BCUT2D eigenvalue weighted by Crippen LogP contribution is -2.62. The molecule has 0 saturated carbocycles. The number of aromatic nitrogens is 1. The van der Waals surface area contributed by atoms with Crippen LogP contribution in [-0.2, 0) is 22.6 Å². The van der Waals surface area contributed by atoms with E-state index in [1.807, 2.05) is 24.3 Å². The summed E-state index contributed by atoms with van der Waals surface area (Å²) in [6.07, 6.45) is 1.90. The van der Waals surface area contributed by atoms with Crippen LogP contribution in [0.3, 0.4) is 0 Å². The van der Waals surface area contributed by atoms with E-state index in [0.717, 1.165) is 22.2 Å². The highest BCUT2D eigenvalue weighted by atomic mass is 16.6. The van der Waals surface area contributed by atoms with E-state index >= 15 is 0 Å². The van der Waals surface area contributed by atoms with E-state index in [1.54, 1.807) is 29.2 Å². The van der Waals surface area contributed by atoms with Crippen LogP contribution in [-0.4, -0.2) is 44.1 Å². The number of benzene rings is 2. The van der Waals surface area contributed by atoms with Crippen molar-refractivity contribution in [3.8, 4) is 0 Å². The largest absolute Gasteiger partial charge is 0.467 e. The molecule has 0 radical (unpaired) electrons. The molecule has 0 unspecified atom stereocenters. The molecule has 0 bridgehead atoms. The maximum atomic E-state index is 13.6. The average Bonchev–Trinajstić information content (AvgIpc) is 3.48. The summed E-state index contributed by atoms with van der Waals surface area (Å²) in [5, 5.41) is 12.4. The quantitative estimate of drug-likeness (QED) is 0.373. The van der Waals surface area contributed by atoms with Crippen molar-refractivity contribution in [1.82, 2.24) is 14.8 Å². The zero-order valence-corrected chi connectivity index (χ0v) is 18.0. The van der Waals surface area contributed by atoms with Gasteiger partial charge < -0.3 is 19.2 Å². The fourth-order valence-electron chi connectivity index (χ4n) is 5.20. The fraction of sp³-hybridized carbons (Fsp3) is 0.200. The Kier molecular flexibility index (Phi) is 4.51. The lowest BCUT2D eigenvalue weighted by molar-refractivity contribution is -0.384. The van der Waals surface area contributed by atoms with Gasteiger partial charge >= 0.3 is 0 Å². The Hall–Kier alpha value is -4.40. The van der Waals surface area contributed by atoms with Crippen LogP contribution < -0.4 is 0 Å². The van der Waals surface area contributed by atoms with Crippen LogP contribution in [0.5, 0.6) is 0 Å². The second kappa shape index (κ2) is 7.58. The van der Waals surface area contributed by atoms with E-state index in [1.165, 1.54) is 23.3 Å². The Labute approximate surface area is 193 Å². The van der Waals surface area contributed by atoms with Gasteiger partial charge in [-0.25, -0.2) is 0 Å². The Balaban J connectivity index is 1.49. The predicted molar refractivity (Wildman–Crippen MR) is 122 cm³/mol. The molecule has 2 aliphatic rings. The number of amides is 2. The molecular weight excluding hydrogens is 436 g/mol. The van der Waals surface area contributed by atoms with E-state index in [4.69, 9.17) is 4.42 Å². The zero-order chi connectivity index (χ0) is 23.4. The van der Waals surface area contributed by atoms with Gasteiger partial charge in [0.05, 0.1) is 23.8 Å². The standard InChI is InChI=1S/C25H20N4O5/c30-22-14-27(13-17-7-4-10-34-17)25(31)21-12-19-18-8-1-2-9-20(18)26-23(19)24(28(21)22)15-5-3-6-16(11-15)29(32)33/h1-11,21,24,26H,12-14H2/t21-,24-/m1/s1. The topological polar surface area (TPSA) is 113 Å². The molecule has 1 N–H and O–H groups in total. The van der Waals surface area contributed by atoms with Crippen LogP contribution in [0.2, 0.25) is 0 Å². The number of para-hydroxylation sites is 1. The average molecular weight is 456 g/mol. The summed E-state index contributed by atoms with van der Waals surface area (Å²) in [6.45, 7) is 0.126. The number of carbonyl (C=O) groups excluding carboxylic acids is 2. The zero-order valence-electron chi connectivity index (χ0n) is 18.0. The van der Waals surface area contributed by atoms with Crippen molar-refractivity contribution in [2.75, 3.05) is 6.54 Å². The first-order chi connectivity index (χ1) is 16.5. The number of aromatic amines is 1. The second-order valence-electron chi connectivity index (χ2n) is 8.61. The molecule has 9 nitrogen and oxygen atoms in total. The molecule has 2 amide bonds. The summed E-state index contributed by atoms with van der Waals surface area (Å²) in [4.78, 5) is 44.7. The van der Waals surface area contributed by atoms with Gasteiger partial charge in [0, 0.05) is 35.2 Å². The first kappa shape index (κ1) is 20.2. The van der Waals surface area contributed by atoms with Crippen molar-refractivity contribution in [2.24, 2.45) is 0 Å². The van der Waals surface area contributed by atoms with Crippen LogP contribution in [0.15, 0.2) is 71.3 Å². The van der Waals surface area contributed by atoms with Gasteiger partial charge in [-0.05, 0) is 29.3 Å². The van der Waals surface area contributed by atoms with Crippen LogP contribution in [0.1, 0.15) is 28.6 Å². The minimum atomic E-state index is -0.716. The van der Waals surface area contributed by atoms with Crippen molar-refractivity contribution in [2.45, 2.75) is 25.0 Å². The third-order valence-electron chi connectivity index (χ3n) is 6.67. The van der Waals surface area contributed by atoms with Crippen molar-refractivity contribution in [3.63, 3.8) is 0 Å². The van der Waals surface area contributed by atoms with E-state index in [9.17, 15) is 19.7 Å².